The Balaban J connectivity index is 2.33. The molecule has 0 spiro atoms. The van der Waals surface area contributed by atoms with E-state index < -0.39 is 0 Å². The van der Waals surface area contributed by atoms with Gasteiger partial charge in [0.05, 0.1) is 11.4 Å². The monoisotopic (exact) mass is 314 g/mol. The number of hydrogen-bond acceptors (Lipinski definition) is 1. The number of aromatic nitrogens is 2. The number of nitrogens with zero attached hydrogens (tertiary/aromatic N) is 2. The average Bonchev–Trinajstić information content (AvgIpc) is 2.78. The Kier molecular flexibility index (Phi) is 3.15. The second-order valence-corrected chi connectivity index (χ2v) is 5.86. The Bertz CT molecular complexity index is 714. The fourth-order valence-electron chi connectivity index (χ4n) is 2.40. The van der Waals surface area contributed by atoms with Crippen molar-refractivity contribution >= 4 is 21.6 Å². The minimum Gasteiger partial charge on any atom is -0.302 e. The van der Waals surface area contributed by atoms with Crippen LogP contribution in [0.15, 0.2) is 53.1 Å². The van der Waals surface area contributed by atoms with Crippen LogP contribution in [0.3, 0.4) is 0 Å². The van der Waals surface area contributed by atoms with E-state index in [1.54, 1.807) is 0 Å². The van der Waals surface area contributed by atoms with Crippen LogP contribution in [-0.4, -0.2) is 9.38 Å². The molecule has 3 rings (SSSR count). The Hall–Kier alpha value is -1.61. The van der Waals surface area contributed by atoms with Gasteiger partial charge in [-0.1, -0.05) is 44.2 Å². The van der Waals surface area contributed by atoms with Gasteiger partial charge in [0.15, 0.2) is 0 Å². The number of halogens is 1. The van der Waals surface area contributed by atoms with E-state index in [0.29, 0.717) is 5.92 Å². The second-order valence-electron chi connectivity index (χ2n) is 4.94. The summed E-state index contributed by atoms with van der Waals surface area (Å²) in [7, 11) is 0. The van der Waals surface area contributed by atoms with E-state index >= 15 is 0 Å². The molecule has 1 aromatic carbocycles. The molecule has 0 saturated carbocycles. The van der Waals surface area contributed by atoms with Crippen molar-refractivity contribution in [1.82, 2.24) is 9.38 Å². The van der Waals surface area contributed by atoms with E-state index in [0.717, 1.165) is 15.8 Å². The van der Waals surface area contributed by atoms with Crippen LogP contribution in [-0.2, 0) is 0 Å². The molecule has 0 aliphatic carbocycles. The van der Waals surface area contributed by atoms with E-state index in [2.05, 4.69) is 64.6 Å². The smallest absolute Gasteiger partial charge is 0.137 e. The van der Waals surface area contributed by atoms with Crippen LogP contribution >= 0.6 is 15.9 Å². The zero-order chi connectivity index (χ0) is 13.4. The van der Waals surface area contributed by atoms with E-state index in [-0.39, 0.29) is 0 Å². The minimum absolute atomic E-state index is 0.416. The number of rotatable bonds is 2. The first-order valence-electron chi connectivity index (χ1n) is 6.40. The van der Waals surface area contributed by atoms with Crippen molar-refractivity contribution in [2.75, 3.05) is 0 Å². The Morgan fingerprint density at radius 3 is 2.47 bits per heavy atom. The van der Waals surface area contributed by atoms with E-state index in [4.69, 9.17) is 4.98 Å². The standard InChI is InChI=1S/C16H15BrN2/c1-11(2)16-15(12-6-4-3-5-7-12)18-14-9-8-13(17)10-19(14)16/h3-11H,1-2H3. The van der Waals surface area contributed by atoms with Crippen molar-refractivity contribution in [3.8, 4) is 11.3 Å². The van der Waals surface area contributed by atoms with E-state index in [9.17, 15) is 0 Å². The first-order chi connectivity index (χ1) is 9.16. The zero-order valence-corrected chi connectivity index (χ0v) is 12.6. The Labute approximate surface area is 121 Å². The summed E-state index contributed by atoms with van der Waals surface area (Å²) in [6.45, 7) is 4.41. The lowest BCUT2D eigenvalue weighted by atomic mass is 10.0. The molecule has 2 heterocycles. The quantitative estimate of drug-likeness (QED) is 0.658. The van der Waals surface area contributed by atoms with Gasteiger partial charge in [-0.15, -0.1) is 0 Å². The highest BCUT2D eigenvalue weighted by atomic mass is 79.9. The predicted octanol–water partition coefficient (Wildman–Crippen LogP) is 4.89. The highest BCUT2D eigenvalue weighted by Crippen LogP contribution is 2.30. The number of pyridine rings is 1. The molecule has 3 heteroatoms. The summed E-state index contributed by atoms with van der Waals surface area (Å²) in [5, 5.41) is 0. The summed E-state index contributed by atoms with van der Waals surface area (Å²) in [5.41, 5.74) is 4.49. The van der Waals surface area contributed by atoms with Gasteiger partial charge in [-0.25, -0.2) is 4.98 Å². The molecule has 3 aromatic rings. The summed E-state index contributed by atoms with van der Waals surface area (Å²) in [6.07, 6.45) is 2.09. The normalized spacial score (nSPS) is 11.4. The predicted molar refractivity (Wildman–Crippen MR) is 82.4 cm³/mol. The summed E-state index contributed by atoms with van der Waals surface area (Å²) >= 11 is 3.53. The van der Waals surface area contributed by atoms with Crippen molar-refractivity contribution in [1.29, 1.82) is 0 Å². The topological polar surface area (TPSA) is 17.3 Å². The number of fused-ring (bicyclic) bond motifs is 1. The molecule has 2 nitrogen and oxygen atoms in total. The van der Waals surface area contributed by atoms with Gasteiger partial charge >= 0.3 is 0 Å². The highest BCUT2D eigenvalue weighted by molar-refractivity contribution is 9.10. The van der Waals surface area contributed by atoms with Crippen LogP contribution < -0.4 is 0 Å². The van der Waals surface area contributed by atoms with Gasteiger partial charge in [0.2, 0.25) is 0 Å². The molecule has 0 aliphatic heterocycles. The molecule has 0 aliphatic rings. The van der Waals surface area contributed by atoms with Crippen molar-refractivity contribution < 1.29 is 0 Å². The molecular formula is C16H15BrN2. The van der Waals surface area contributed by atoms with Crippen LogP contribution in [0, 0.1) is 0 Å². The summed E-state index contributed by atoms with van der Waals surface area (Å²) in [4.78, 5) is 4.79. The average molecular weight is 315 g/mol. The van der Waals surface area contributed by atoms with Crippen LogP contribution in [0.25, 0.3) is 16.9 Å². The molecule has 96 valence electrons. The van der Waals surface area contributed by atoms with Crippen molar-refractivity contribution in [2.45, 2.75) is 19.8 Å². The molecule has 0 N–H and O–H groups in total. The maximum Gasteiger partial charge on any atom is 0.137 e. The molecule has 0 atom stereocenters. The van der Waals surface area contributed by atoms with Crippen molar-refractivity contribution in [3.05, 3.63) is 58.8 Å². The molecule has 0 saturated heterocycles. The van der Waals surface area contributed by atoms with E-state index in [1.807, 2.05) is 18.2 Å². The van der Waals surface area contributed by atoms with Gasteiger partial charge in [-0.05, 0) is 34.0 Å². The van der Waals surface area contributed by atoms with Crippen LogP contribution in [0.1, 0.15) is 25.5 Å². The van der Waals surface area contributed by atoms with Crippen molar-refractivity contribution in [2.24, 2.45) is 0 Å². The molecule has 0 bridgehead atoms. The Morgan fingerprint density at radius 1 is 1.05 bits per heavy atom. The highest BCUT2D eigenvalue weighted by Gasteiger charge is 2.16. The molecule has 0 radical (unpaired) electrons. The largest absolute Gasteiger partial charge is 0.302 e. The SMILES string of the molecule is CC(C)c1c(-c2ccccc2)nc2ccc(Br)cn12. The van der Waals surface area contributed by atoms with Gasteiger partial charge in [0.25, 0.3) is 0 Å². The van der Waals surface area contributed by atoms with Crippen molar-refractivity contribution in [3.63, 3.8) is 0 Å². The second kappa shape index (κ2) is 4.82. The summed E-state index contributed by atoms with van der Waals surface area (Å²) in [6, 6.07) is 14.4. The van der Waals surface area contributed by atoms with Gasteiger partial charge in [-0.3, -0.25) is 0 Å². The summed E-state index contributed by atoms with van der Waals surface area (Å²) in [5.74, 6) is 0.416. The lowest BCUT2D eigenvalue weighted by Gasteiger charge is -2.08. The molecule has 0 fully saturated rings. The zero-order valence-electron chi connectivity index (χ0n) is 11.0. The van der Waals surface area contributed by atoms with Crippen LogP contribution in [0.4, 0.5) is 0 Å². The van der Waals surface area contributed by atoms with Gasteiger partial charge in [-0.2, -0.15) is 0 Å². The third-order valence-electron chi connectivity index (χ3n) is 3.21. The third kappa shape index (κ3) is 2.19. The Morgan fingerprint density at radius 2 is 1.79 bits per heavy atom. The molecule has 19 heavy (non-hydrogen) atoms. The lowest BCUT2D eigenvalue weighted by Crippen LogP contribution is -1.96. The molecule has 0 amide bonds. The molecule has 2 aromatic heterocycles. The summed E-state index contributed by atoms with van der Waals surface area (Å²) < 4.78 is 3.25. The minimum atomic E-state index is 0.416. The fraction of sp³-hybridized carbons (Fsp3) is 0.188. The maximum absolute atomic E-state index is 4.79. The third-order valence-corrected chi connectivity index (χ3v) is 3.68. The number of hydrogen-bond donors (Lipinski definition) is 0. The van der Waals surface area contributed by atoms with Crippen LogP contribution in [0.2, 0.25) is 0 Å². The maximum atomic E-state index is 4.79. The molecule has 0 unspecified atom stereocenters. The number of imidazole rings is 1. The lowest BCUT2D eigenvalue weighted by molar-refractivity contribution is 0.810. The number of benzene rings is 1. The fourth-order valence-corrected chi connectivity index (χ4v) is 2.73. The van der Waals surface area contributed by atoms with Gasteiger partial charge < -0.3 is 4.40 Å². The van der Waals surface area contributed by atoms with Gasteiger partial charge in [0.1, 0.15) is 5.65 Å². The first-order valence-corrected chi connectivity index (χ1v) is 7.19. The first kappa shape index (κ1) is 12.4. The molecular weight excluding hydrogens is 300 g/mol. The van der Waals surface area contributed by atoms with E-state index in [1.165, 1.54) is 11.3 Å². The van der Waals surface area contributed by atoms with Crippen LogP contribution in [0.5, 0.6) is 0 Å². The van der Waals surface area contributed by atoms with Gasteiger partial charge in [0, 0.05) is 16.2 Å².